The number of methoxy groups -OCH3 is 2. The first-order valence-electron chi connectivity index (χ1n) is 11.0. The molecule has 0 unspecified atom stereocenters. The Kier molecular flexibility index (Phi) is 6.90. The number of sulfonamides is 1. The van der Waals surface area contributed by atoms with Crippen LogP contribution in [0.3, 0.4) is 0 Å². The highest BCUT2D eigenvalue weighted by Gasteiger charge is 2.30. The van der Waals surface area contributed by atoms with Gasteiger partial charge in [-0.3, -0.25) is 4.79 Å². The molecule has 0 atom stereocenters. The fourth-order valence-electron chi connectivity index (χ4n) is 3.93. The predicted octanol–water partition coefficient (Wildman–Crippen LogP) is 2.46. The standard InChI is InChI=1S/C24H28N4O5S/c1-18-5-7-19(8-6-18)28-24(29)12-11-23(25-28)26-13-4-14-27(16-15-26)34(30,31)22-17-20(32-2)9-10-21(22)33-3/h5-12,17H,4,13-16H2,1-3H3. The molecule has 0 aliphatic carbocycles. The Labute approximate surface area is 199 Å². The average Bonchev–Trinajstić information content (AvgIpc) is 3.11. The maximum Gasteiger partial charge on any atom is 0.271 e. The Morgan fingerprint density at radius 3 is 2.35 bits per heavy atom. The van der Waals surface area contributed by atoms with Crippen molar-refractivity contribution < 1.29 is 17.9 Å². The van der Waals surface area contributed by atoms with Crippen LogP contribution >= 0.6 is 0 Å². The Hall–Kier alpha value is -3.37. The minimum Gasteiger partial charge on any atom is -0.497 e. The van der Waals surface area contributed by atoms with Gasteiger partial charge in [0.1, 0.15) is 22.2 Å². The van der Waals surface area contributed by atoms with E-state index in [1.54, 1.807) is 18.2 Å². The number of nitrogens with zero attached hydrogens (tertiary/aromatic N) is 4. The zero-order valence-electron chi connectivity index (χ0n) is 19.5. The molecule has 0 spiro atoms. The molecule has 1 saturated heterocycles. The molecule has 34 heavy (non-hydrogen) atoms. The second-order valence-corrected chi connectivity index (χ2v) is 9.94. The first kappa shape index (κ1) is 23.8. The first-order valence-corrected chi connectivity index (χ1v) is 12.4. The molecule has 3 aromatic rings. The van der Waals surface area contributed by atoms with Gasteiger partial charge in [-0.05, 0) is 43.7 Å². The zero-order valence-corrected chi connectivity index (χ0v) is 20.3. The number of anilines is 1. The molecule has 0 bridgehead atoms. The van der Waals surface area contributed by atoms with E-state index in [2.05, 4.69) is 5.10 Å². The summed E-state index contributed by atoms with van der Waals surface area (Å²) in [6, 6.07) is 15.5. The van der Waals surface area contributed by atoms with Crippen LogP contribution in [-0.4, -0.2) is 62.9 Å². The van der Waals surface area contributed by atoms with Crippen LogP contribution in [0.2, 0.25) is 0 Å². The summed E-state index contributed by atoms with van der Waals surface area (Å²) in [6.45, 7) is 3.66. The third-order valence-corrected chi connectivity index (χ3v) is 7.75. The van der Waals surface area contributed by atoms with Crippen molar-refractivity contribution in [2.45, 2.75) is 18.2 Å². The second-order valence-electron chi connectivity index (χ2n) is 8.04. The largest absolute Gasteiger partial charge is 0.497 e. The lowest BCUT2D eigenvalue weighted by Gasteiger charge is -2.23. The van der Waals surface area contributed by atoms with Crippen molar-refractivity contribution in [1.29, 1.82) is 0 Å². The Morgan fingerprint density at radius 1 is 0.882 bits per heavy atom. The van der Waals surface area contributed by atoms with Gasteiger partial charge in [-0.15, -0.1) is 5.10 Å². The van der Waals surface area contributed by atoms with E-state index in [0.29, 0.717) is 43.3 Å². The second kappa shape index (κ2) is 9.86. The van der Waals surface area contributed by atoms with Gasteiger partial charge >= 0.3 is 0 Å². The lowest BCUT2D eigenvalue weighted by atomic mass is 10.2. The Bertz CT molecular complexity index is 1320. The van der Waals surface area contributed by atoms with Crippen molar-refractivity contribution in [3.05, 3.63) is 70.5 Å². The lowest BCUT2D eigenvalue weighted by molar-refractivity contribution is 0.385. The summed E-state index contributed by atoms with van der Waals surface area (Å²) in [4.78, 5) is 14.5. The van der Waals surface area contributed by atoms with Gasteiger partial charge in [0.2, 0.25) is 10.0 Å². The lowest BCUT2D eigenvalue weighted by Crippen LogP contribution is -2.36. The maximum absolute atomic E-state index is 13.5. The van der Waals surface area contributed by atoms with E-state index in [0.717, 1.165) is 5.56 Å². The summed E-state index contributed by atoms with van der Waals surface area (Å²) < 4.78 is 40.3. The summed E-state index contributed by atoms with van der Waals surface area (Å²) >= 11 is 0. The van der Waals surface area contributed by atoms with Crippen molar-refractivity contribution in [3.63, 3.8) is 0 Å². The summed E-state index contributed by atoms with van der Waals surface area (Å²) in [5.41, 5.74) is 1.55. The Balaban J connectivity index is 1.58. The third-order valence-electron chi connectivity index (χ3n) is 5.83. The normalized spacial score (nSPS) is 15.1. The van der Waals surface area contributed by atoms with Crippen molar-refractivity contribution in [3.8, 4) is 17.2 Å². The predicted molar refractivity (Wildman–Crippen MR) is 130 cm³/mol. The summed E-state index contributed by atoms with van der Waals surface area (Å²) in [6.07, 6.45) is 0.608. The van der Waals surface area contributed by atoms with E-state index in [-0.39, 0.29) is 22.7 Å². The molecule has 1 aromatic heterocycles. The van der Waals surface area contributed by atoms with Gasteiger partial charge in [0, 0.05) is 38.3 Å². The zero-order chi connectivity index (χ0) is 24.3. The molecule has 2 aromatic carbocycles. The van der Waals surface area contributed by atoms with E-state index in [1.807, 2.05) is 36.1 Å². The quantitative estimate of drug-likeness (QED) is 0.531. The molecule has 0 N–H and O–H groups in total. The number of rotatable bonds is 6. The molecule has 1 fully saturated rings. The highest BCUT2D eigenvalue weighted by atomic mass is 32.2. The van der Waals surface area contributed by atoms with E-state index < -0.39 is 10.0 Å². The van der Waals surface area contributed by atoms with Crippen LogP contribution in [0.25, 0.3) is 5.69 Å². The van der Waals surface area contributed by atoms with Gasteiger partial charge in [-0.25, -0.2) is 8.42 Å². The number of hydrogen-bond donors (Lipinski definition) is 0. The molecule has 2 heterocycles. The number of ether oxygens (including phenoxy) is 2. The van der Waals surface area contributed by atoms with Gasteiger partial charge in [-0.2, -0.15) is 8.99 Å². The third kappa shape index (κ3) is 4.78. The number of aryl methyl sites for hydroxylation is 1. The highest BCUT2D eigenvalue weighted by Crippen LogP contribution is 2.31. The van der Waals surface area contributed by atoms with Crippen molar-refractivity contribution >= 4 is 15.8 Å². The van der Waals surface area contributed by atoms with Crippen LogP contribution in [0.4, 0.5) is 5.82 Å². The molecular weight excluding hydrogens is 456 g/mol. The minimum absolute atomic E-state index is 0.0776. The number of hydrogen-bond acceptors (Lipinski definition) is 7. The molecule has 180 valence electrons. The number of benzene rings is 2. The van der Waals surface area contributed by atoms with Crippen molar-refractivity contribution in [2.75, 3.05) is 45.3 Å². The average molecular weight is 485 g/mol. The van der Waals surface area contributed by atoms with Gasteiger partial charge in [0.15, 0.2) is 0 Å². The fraction of sp³-hybridized carbons (Fsp3) is 0.333. The maximum atomic E-state index is 13.5. The van der Waals surface area contributed by atoms with E-state index in [1.165, 1.54) is 35.3 Å². The molecule has 0 radical (unpaired) electrons. The summed E-state index contributed by atoms with van der Waals surface area (Å²) in [5, 5.41) is 4.56. The Morgan fingerprint density at radius 2 is 1.65 bits per heavy atom. The highest BCUT2D eigenvalue weighted by molar-refractivity contribution is 7.89. The van der Waals surface area contributed by atoms with Crippen LogP contribution in [0, 0.1) is 6.92 Å². The van der Waals surface area contributed by atoms with Crippen LogP contribution in [-0.2, 0) is 10.0 Å². The van der Waals surface area contributed by atoms with Gasteiger partial charge in [-0.1, -0.05) is 17.7 Å². The molecule has 0 saturated carbocycles. The van der Waals surface area contributed by atoms with Gasteiger partial charge in [0.25, 0.3) is 5.56 Å². The molecule has 0 amide bonds. The van der Waals surface area contributed by atoms with Crippen LogP contribution in [0.1, 0.15) is 12.0 Å². The van der Waals surface area contributed by atoms with Gasteiger partial charge in [0.05, 0.1) is 19.9 Å². The van der Waals surface area contributed by atoms with Gasteiger partial charge < -0.3 is 14.4 Å². The van der Waals surface area contributed by atoms with Crippen LogP contribution in [0.5, 0.6) is 11.5 Å². The summed E-state index contributed by atoms with van der Waals surface area (Å²) in [5.74, 6) is 1.34. The van der Waals surface area contributed by atoms with E-state index in [4.69, 9.17) is 9.47 Å². The van der Waals surface area contributed by atoms with E-state index in [9.17, 15) is 13.2 Å². The monoisotopic (exact) mass is 484 g/mol. The smallest absolute Gasteiger partial charge is 0.271 e. The molecule has 1 aliphatic heterocycles. The molecule has 10 heteroatoms. The first-order chi connectivity index (χ1) is 16.3. The van der Waals surface area contributed by atoms with Crippen molar-refractivity contribution in [1.82, 2.24) is 14.1 Å². The molecule has 4 rings (SSSR count). The van der Waals surface area contributed by atoms with Crippen molar-refractivity contribution in [2.24, 2.45) is 0 Å². The van der Waals surface area contributed by atoms with E-state index >= 15 is 0 Å². The molecule has 9 nitrogen and oxygen atoms in total. The SMILES string of the molecule is COc1ccc(OC)c(S(=O)(=O)N2CCCN(c3ccc(=O)n(-c4ccc(C)cc4)n3)CC2)c1. The topological polar surface area (TPSA) is 94.0 Å². The van der Waals surface area contributed by atoms with Crippen LogP contribution in [0.15, 0.2) is 64.3 Å². The summed E-state index contributed by atoms with van der Waals surface area (Å²) in [7, 11) is -0.867. The minimum atomic E-state index is -3.80. The molecule has 1 aliphatic rings. The fourth-order valence-corrected chi connectivity index (χ4v) is 5.57. The van der Waals surface area contributed by atoms with Crippen LogP contribution < -0.4 is 19.9 Å². The molecular formula is C24H28N4O5S. The number of aromatic nitrogens is 2.